The molecule has 180 valence electrons. The van der Waals surface area contributed by atoms with Gasteiger partial charge in [-0.2, -0.15) is 0 Å². The van der Waals surface area contributed by atoms with Crippen LogP contribution in [0.15, 0.2) is 36.4 Å². The molecule has 2 heterocycles. The first kappa shape index (κ1) is 23.1. The number of piperidine rings is 2. The number of ketones is 2. The Labute approximate surface area is 201 Å². The van der Waals surface area contributed by atoms with E-state index < -0.39 is 0 Å². The van der Waals surface area contributed by atoms with Gasteiger partial charge in [-0.05, 0) is 88.3 Å². The number of hydrogen-bond donors (Lipinski definition) is 0. The van der Waals surface area contributed by atoms with E-state index in [9.17, 15) is 9.59 Å². The summed E-state index contributed by atoms with van der Waals surface area (Å²) in [7, 11) is 0. The quantitative estimate of drug-likeness (QED) is 0.500. The molecule has 2 aromatic carbocycles. The first-order chi connectivity index (χ1) is 16.7. The number of likely N-dealkylation sites (tertiary alicyclic amines) is 2. The van der Waals surface area contributed by atoms with E-state index in [0.29, 0.717) is 47.0 Å². The smallest absolute Gasteiger partial charge is 0.194 e. The SMILES string of the molecule is O=C1c2ccc(OCCN3CCCCC3)cc2C(=O)c2cc(OCCN3CCCCC3)ccc21. The van der Waals surface area contributed by atoms with E-state index in [4.69, 9.17) is 9.47 Å². The Kier molecular flexibility index (Phi) is 7.26. The molecule has 0 radical (unpaired) electrons. The minimum Gasteiger partial charge on any atom is -0.492 e. The number of hydrogen-bond acceptors (Lipinski definition) is 6. The van der Waals surface area contributed by atoms with Crippen molar-refractivity contribution in [3.63, 3.8) is 0 Å². The highest BCUT2D eigenvalue weighted by Gasteiger charge is 2.30. The zero-order valence-corrected chi connectivity index (χ0v) is 19.9. The Morgan fingerprint density at radius 1 is 0.559 bits per heavy atom. The fourth-order valence-electron chi connectivity index (χ4n) is 5.24. The molecule has 0 saturated carbocycles. The van der Waals surface area contributed by atoms with Crippen molar-refractivity contribution >= 4 is 11.6 Å². The van der Waals surface area contributed by atoms with E-state index in [0.717, 1.165) is 39.3 Å². The molecule has 34 heavy (non-hydrogen) atoms. The predicted octanol–water partition coefficient (Wildman–Crippen LogP) is 4.19. The summed E-state index contributed by atoms with van der Waals surface area (Å²) in [5.74, 6) is 1.00. The lowest BCUT2D eigenvalue weighted by Crippen LogP contribution is -2.33. The maximum Gasteiger partial charge on any atom is 0.194 e. The highest BCUT2D eigenvalue weighted by Crippen LogP contribution is 2.32. The Bertz CT molecular complexity index is 959. The van der Waals surface area contributed by atoms with Gasteiger partial charge in [-0.1, -0.05) is 12.8 Å². The van der Waals surface area contributed by atoms with Crippen molar-refractivity contribution in [2.24, 2.45) is 0 Å². The topological polar surface area (TPSA) is 59.1 Å². The molecule has 0 unspecified atom stereocenters. The normalized spacial score (nSPS) is 18.9. The van der Waals surface area contributed by atoms with Crippen molar-refractivity contribution in [2.75, 3.05) is 52.5 Å². The fourth-order valence-corrected chi connectivity index (χ4v) is 5.24. The minimum absolute atomic E-state index is 0.121. The van der Waals surface area contributed by atoms with Gasteiger partial charge in [-0.15, -0.1) is 0 Å². The Balaban J connectivity index is 1.24. The number of fused-ring (bicyclic) bond motifs is 2. The van der Waals surface area contributed by atoms with Crippen LogP contribution in [0, 0.1) is 0 Å². The zero-order chi connectivity index (χ0) is 23.3. The second-order valence-electron chi connectivity index (χ2n) is 9.57. The first-order valence-electron chi connectivity index (χ1n) is 12.8. The van der Waals surface area contributed by atoms with E-state index >= 15 is 0 Å². The number of benzene rings is 2. The molecule has 6 heteroatoms. The van der Waals surface area contributed by atoms with Crippen molar-refractivity contribution in [1.82, 2.24) is 9.80 Å². The van der Waals surface area contributed by atoms with E-state index in [1.54, 1.807) is 36.4 Å². The maximum atomic E-state index is 13.3. The average molecular weight is 463 g/mol. The molecule has 0 bridgehead atoms. The van der Waals surface area contributed by atoms with E-state index in [1.165, 1.54) is 38.5 Å². The summed E-state index contributed by atoms with van der Waals surface area (Å²) in [5, 5.41) is 0. The van der Waals surface area contributed by atoms with Gasteiger partial charge in [0, 0.05) is 35.3 Å². The summed E-state index contributed by atoms with van der Waals surface area (Å²) in [5.41, 5.74) is 1.72. The third-order valence-corrected chi connectivity index (χ3v) is 7.21. The summed E-state index contributed by atoms with van der Waals surface area (Å²) in [6.45, 7) is 7.41. The zero-order valence-electron chi connectivity index (χ0n) is 19.9. The lowest BCUT2D eigenvalue weighted by atomic mass is 9.84. The van der Waals surface area contributed by atoms with Gasteiger partial charge in [0.25, 0.3) is 0 Å². The van der Waals surface area contributed by atoms with Gasteiger partial charge in [0.05, 0.1) is 0 Å². The van der Waals surface area contributed by atoms with Gasteiger partial charge in [-0.3, -0.25) is 19.4 Å². The van der Waals surface area contributed by atoms with Gasteiger partial charge in [-0.25, -0.2) is 0 Å². The average Bonchev–Trinajstić information content (AvgIpc) is 2.88. The number of nitrogens with zero attached hydrogens (tertiary/aromatic N) is 2. The lowest BCUT2D eigenvalue weighted by molar-refractivity contribution is 0.0978. The van der Waals surface area contributed by atoms with Crippen LogP contribution in [0.3, 0.4) is 0 Å². The molecule has 0 spiro atoms. The standard InChI is InChI=1S/C28H34N2O4/c31-27-23-9-7-21(33-17-15-29-11-3-1-4-12-29)19-25(23)28(32)26-20-22(8-10-24(26)27)34-18-16-30-13-5-2-6-14-30/h7-10,19-20H,1-6,11-18H2. The van der Waals surface area contributed by atoms with Crippen molar-refractivity contribution in [3.05, 3.63) is 58.7 Å². The van der Waals surface area contributed by atoms with Crippen LogP contribution >= 0.6 is 0 Å². The van der Waals surface area contributed by atoms with Crippen LogP contribution in [-0.4, -0.2) is 73.8 Å². The van der Waals surface area contributed by atoms with Crippen LogP contribution in [-0.2, 0) is 0 Å². The molecule has 2 aromatic rings. The number of carbonyl (C=O) groups excluding carboxylic acids is 2. The van der Waals surface area contributed by atoms with Crippen LogP contribution in [0.5, 0.6) is 11.5 Å². The summed E-state index contributed by atoms with van der Waals surface area (Å²) in [4.78, 5) is 31.2. The van der Waals surface area contributed by atoms with E-state index in [2.05, 4.69) is 9.80 Å². The van der Waals surface area contributed by atoms with Gasteiger partial charge < -0.3 is 9.47 Å². The lowest BCUT2D eigenvalue weighted by Gasteiger charge is -2.26. The molecule has 2 fully saturated rings. The van der Waals surface area contributed by atoms with Crippen molar-refractivity contribution in [2.45, 2.75) is 38.5 Å². The van der Waals surface area contributed by atoms with Gasteiger partial charge in [0.1, 0.15) is 24.7 Å². The van der Waals surface area contributed by atoms with Crippen LogP contribution in [0.1, 0.15) is 70.4 Å². The molecule has 3 aliphatic rings. The molecule has 5 rings (SSSR count). The van der Waals surface area contributed by atoms with Gasteiger partial charge in [0.15, 0.2) is 11.6 Å². The number of ether oxygens (including phenoxy) is 2. The number of carbonyl (C=O) groups is 2. The molecule has 2 aliphatic heterocycles. The molecular weight excluding hydrogens is 428 g/mol. The fraction of sp³-hybridized carbons (Fsp3) is 0.500. The second-order valence-corrected chi connectivity index (χ2v) is 9.57. The van der Waals surface area contributed by atoms with Crippen molar-refractivity contribution in [1.29, 1.82) is 0 Å². The molecule has 0 aromatic heterocycles. The molecular formula is C28H34N2O4. The molecule has 2 saturated heterocycles. The highest BCUT2D eigenvalue weighted by molar-refractivity contribution is 6.28. The van der Waals surface area contributed by atoms with Crippen LogP contribution < -0.4 is 9.47 Å². The van der Waals surface area contributed by atoms with E-state index in [1.807, 2.05) is 0 Å². The van der Waals surface area contributed by atoms with Crippen LogP contribution in [0.2, 0.25) is 0 Å². The molecule has 1 aliphatic carbocycles. The van der Waals surface area contributed by atoms with E-state index in [-0.39, 0.29) is 11.6 Å². The van der Waals surface area contributed by atoms with Gasteiger partial charge in [0.2, 0.25) is 0 Å². The minimum atomic E-state index is -0.146. The summed E-state index contributed by atoms with van der Waals surface area (Å²) in [6, 6.07) is 10.5. The summed E-state index contributed by atoms with van der Waals surface area (Å²) in [6.07, 6.45) is 7.62. The third-order valence-electron chi connectivity index (χ3n) is 7.21. The number of rotatable bonds is 8. The largest absolute Gasteiger partial charge is 0.492 e. The van der Waals surface area contributed by atoms with Gasteiger partial charge >= 0.3 is 0 Å². The molecule has 0 N–H and O–H groups in total. The summed E-state index contributed by atoms with van der Waals surface area (Å²) < 4.78 is 11.9. The Morgan fingerprint density at radius 3 is 1.41 bits per heavy atom. The Morgan fingerprint density at radius 2 is 0.971 bits per heavy atom. The molecule has 0 amide bonds. The molecule has 0 atom stereocenters. The van der Waals surface area contributed by atoms with Crippen LogP contribution in [0.25, 0.3) is 0 Å². The Hall–Kier alpha value is -2.70. The maximum absolute atomic E-state index is 13.3. The monoisotopic (exact) mass is 462 g/mol. The first-order valence-corrected chi connectivity index (χ1v) is 12.8. The second kappa shape index (κ2) is 10.7. The van der Waals surface area contributed by atoms with Crippen molar-refractivity contribution < 1.29 is 19.1 Å². The van der Waals surface area contributed by atoms with Crippen molar-refractivity contribution in [3.8, 4) is 11.5 Å². The van der Waals surface area contributed by atoms with Crippen LogP contribution in [0.4, 0.5) is 0 Å². The third kappa shape index (κ3) is 5.18. The summed E-state index contributed by atoms with van der Waals surface area (Å²) >= 11 is 0. The molecule has 6 nitrogen and oxygen atoms in total. The highest BCUT2D eigenvalue weighted by atomic mass is 16.5. The predicted molar refractivity (Wildman–Crippen MR) is 131 cm³/mol.